The number of benzene rings is 1. The van der Waals surface area contributed by atoms with E-state index < -0.39 is 0 Å². The maximum Gasteiger partial charge on any atom is 0.0680 e. The molecule has 0 atom stereocenters. The third-order valence-corrected chi connectivity index (χ3v) is 3.36. The first-order valence-electron chi connectivity index (χ1n) is 4.86. The molecule has 1 aromatic heterocycles. The van der Waals surface area contributed by atoms with Gasteiger partial charge in [0.05, 0.1) is 23.3 Å². The fraction of sp³-hybridized carbons (Fsp3) is 0.0833. The summed E-state index contributed by atoms with van der Waals surface area (Å²) < 4.78 is 0. The van der Waals surface area contributed by atoms with Gasteiger partial charge in [-0.15, -0.1) is 11.3 Å². The van der Waals surface area contributed by atoms with Crippen molar-refractivity contribution in [2.45, 2.75) is 6.54 Å². The van der Waals surface area contributed by atoms with Gasteiger partial charge in [-0.05, 0) is 29.1 Å². The standard InChI is InChI=1S/C12H10N2S/c1-2-4-11(5-3-1)14-9-10-6-7-15-12(10)8-13-14/h1-8H,9H2. The zero-order valence-electron chi connectivity index (χ0n) is 8.13. The molecule has 0 N–H and O–H groups in total. The van der Waals surface area contributed by atoms with E-state index in [0.29, 0.717) is 0 Å². The van der Waals surface area contributed by atoms with Gasteiger partial charge in [0.1, 0.15) is 0 Å². The molecule has 0 amide bonds. The molecule has 0 saturated heterocycles. The molecule has 15 heavy (non-hydrogen) atoms. The van der Waals surface area contributed by atoms with Crippen molar-refractivity contribution in [2.24, 2.45) is 5.10 Å². The lowest BCUT2D eigenvalue weighted by molar-refractivity contribution is 0.848. The van der Waals surface area contributed by atoms with Crippen LogP contribution in [0.15, 0.2) is 46.9 Å². The van der Waals surface area contributed by atoms with E-state index in [2.05, 4.69) is 28.7 Å². The van der Waals surface area contributed by atoms with E-state index >= 15 is 0 Å². The molecule has 1 aliphatic heterocycles. The fourth-order valence-corrected chi connectivity index (χ4v) is 2.44. The molecule has 0 fully saturated rings. The van der Waals surface area contributed by atoms with Crippen LogP contribution in [0.4, 0.5) is 5.69 Å². The molecule has 0 spiro atoms. The molecule has 3 rings (SSSR count). The van der Waals surface area contributed by atoms with Crippen molar-refractivity contribution in [3.63, 3.8) is 0 Å². The van der Waals surface area contributed by atoms with Gasteiger partial charge in [0.2, 0.25) is 0 Å². The predicted molar refractivity (Wildman–Crippen MR) is 64.5 cm³/mol. The van der Waals surface area contributed by atoms with Crippen LogP contribution in [0.1, 0.15) is 10.4 Å². The van der Waals surface area contributed by atoms with Crippen LogP contribution < -0.4 is 5.01 Å². The monoisotopic (exact) mass is 214 g/mol. The topological polar surface area (TPSA) is 15.6 Å². The van der Waals surface area contributed by atoms with Crippen molar-refractivity contribution >= 4 is 23.2 Å². The van der Waals surface area contributed by atoms with Gasteiger partial charge in [0.25, 0.3) is 0 Å². The molecule has 1 aromatic carbocycles. The summed E-state index contributed by atoms with van der Waals surface area (Å²) in [6, 6.07) is 12.4. The Hall–Kier alpha value is -1.61. The second-order valence-electron chi connectivity index (χ2n) is 3.45. The van der Waals surface area contributed by atoms with E-state index in [1.165, 1.54) is 10.4 Å². The molecule has 1 aliphatic rings. The first-order valence-corrected chi connectivity index (χ1v) is 5.74. The maximum absolute atomic E-state index is 4.43. The molecule has 0 aliphatic carbocycles. The average molecular weight is 214 g/mol. The highest BCUT2D eigenvalue weighted by Gasteiger charge is 2.13. The minimum atomic E-state index is 0.874. The van der Waals surface area contributed by atoms with Crippen molar-refractivity contribution in [1.82, 2.24) is 0 Å². The van der Waals surface area contributed by atoms with Gasteiger partial charge in [0, 0.05) is 0 Å². The van der Waals surface area contributed by atoms with E-state index in [1.54, 1.807) is 11.3 Å². The minimum Gasteiger partial charge on any atom is -0.261 e. The summed E-state index contributed by atoms with van der Waals surface area (Å²) in [5, 5.41) is 8.57. The summed E-state index contributed by atoms with van der Waals surface area (Å²) in [5.74, 6) is 0. The second-order valence-corrected chi connectivity index (χ2v) is 4.40. The molecule has 0 radical (unpaired) electrons. The Morgan fingerprint density at radius 3 is 2.87 bits per heavy atom. The van der Waals surface area contributed by atoms with Gasteiger partial charge < -0.3 is 0 Å². The highest BCUT2D eigenvalue weighted by atomic mass is 32.1. The number of nitrogens with zero attached hydrogens (tertiary/aromatic N) is 2. The molecular weight excluding hydrogens is 204 g/mol. The molecule has 2 heterocycles. The van der Waals surface area contributed by atoms with Crippen molar-refractivity contribution in [2.75, 3.05) is 5.01 Å². The second kappa shape index (κ2) is 3.51. The van der Waals surface area contributed by atoms with E-state index in [9.17, 15) is 0 Å². The summed E-state index contributed by atoms with van der Waals surface area (Å²) in [5.41, 5.74) is 2.50. The van der Waals surface area contributed by atoms with Gasteiger partial charge >= 0.3 is 0 Å². The van der Waals surface area contributed by atoms with Gasteiger partial charge in [-0.2, -0.15) is 5.10 Å². The van der Waals surface area contributed by atoms with E-state index in [0.717, 1.165) is 12.2 Å². The molecule has 3 heteroatoms. The Balaban J connectivity index is 1.94. The van der Waals surface area contributed by atoms with Crippen LogP contribution in [0.3, 0.4) is 0 Å². The number of hydrazone groups is 1. The van der Waals surface area contributed by atoms with Crippen LogP contribution in [0.25, 0.3) is 0 Å². The van der Waals surface area contributed by atoms with Crippen LogP contribution >= 0.6 is 11.3 Å². The molecule has 0 bridgehead atoms. The van der Waals surface area contributed by atoms with E-state index in [4.69, 9.17) is 0 Å². The zero-order valence-corrected chi connectivity index (χ0v) is 8.95. The van der Waals surface area contributed by atoms with Crippen LogP contribution in [-0.2, 0) is 6.54 Å². The maximum atomic E-state index is 4.43. The van der Waals surface area contributed by atoms with Crippen molar-refractivity contribution in [3.8, 4) is 0 Å². The lowest BCUT2D eigenvalue weighted by Crippen LogP contribution is -2.19. The quantitative estimate of drug-likeness (QED) is 0.712. The molecular formula is C12H10N2S. The van der Waals surface area contributed by atoms with Crippen LogP contribution in [0, 0.1) is 0 Å². The van der Waals surface area contributed by atoms with Gasteiger partial charge in [-0.25, -0.2) is 0 Å². The number of thiophene rings is 1. The summed E-state index contributed by atoms with van der Waals surface area (Å²) in [4.78, 5) is 1.28. The van der Waals surface area contributed by atoms with Crippen molar-refractivity contribution in [1.29, 1.82) is 0 Å². The fourth-order valence-electron chi connectivity index (χ4n) is 1.67. The largest absolute Gasteiger partial charge is 0.261 e. The predicted octanol–water partition coefficient (Wildman–Crippen LogP) is 3.10. The highest BCUT2D eigenvalue weighted by Crippen LogP contribution is 2.24. The Morgan fingerprint density at radius 1 is 1.13 bits per heavy atom. The molecule has 74 valence electrons. The van der Waals surface area contributed by atoms with Crippen molar-refractivity contribution < 1.29 is 0 Å². The normalized spacial score (nSPS) is 14.0. The minimum absolute atomic E-state index is 0.874. The Kier molecular flexibility index (Phi) is 2.03. The molecule has 2 aromatic rings. The summed E-state index contributed by atoms with van der Waals surface area (Å²) in [6.07, 6.45) is 1.94. The number of fused-ring (bicyclic) bond motifs is 1. The Labute approximate surface area is 92.5 Å². The SMILES string of the molecule is C1=NN(c2ccccc2)Cc2ccsc21. The van der Waals surface area contributed by atoms with Crippen molar-refractivity contribution in [3.05, 3.63) is 52.2 Å². The summed E-state index contributed by atoms with van der Waals surface area (Å²) >= 11 is 1.75. The number of para-hydroxylation sites is 1. The number of rotatable bonds is 1. The Morgan fingerprint density at radius 2 is 2.00 bits per heavy atom. The van der Waals surface area contributed by atoms with Crippen LogP contribution in [0.2, 0.25) is 0 Å². The van der Waals surface area contributed by atoms with Gasteiger partial charge in [-0.3, -0.25) is 5.01 Å². The Bertz CT molecular complexity index is 487. The van der Waals surface area contributed by atoms with Crippen LogP contribution in [0.5, 0.6) is 0 Å². The third kappa shape index (κ3) is 1.55. The average Bonchev–Trinajstić information content (AvgIpc) is 2.77. The van der Waals surface area contributed by atoms with Crippen LogP contribution in [-0.4, -0.2) is 6.21 Å². The van der Waals surface area contributed by atoms with Gasteiger partial charge in [0.15, 0.2) is 0 Å². The zero-order chi connectivity index (χ0) is 10.1. The van der Waals surface area contributed by atoms with Gasteiger partial charge in [-0.1, -0.05) is 18.2 Å². The number of hydrogen-bond acceptors (Lipinski definition) is 3. The first kappa shape index (κ1) is 8.68. The highest BCUT2D eigenvalue weighted by molar-refractivity contribution is 7.11. The number of anilines is 1. The molecule has 2 nitrogen and oxygen atoms in total. The number of hydrogen-bond donors (Lipinski definition) is 0. The summed E-state index contributed by atoms with van der Waals surface area (Å²) in [6.45, 7) is 0.874. The third-order valence-electron chi connectivity index (χ3n) is 2.47. The molecule has 0 saturated carbocycles. The van der Waals surface area contributed by atoms with E-state index in [-0.39, 0.29) is 0 Å². The van der Waals surface area contributed by atoms with E-state index in [1.807, 2.05) is 29.4 Å². The lowest BCUT2D eigenvalue weighted by Gasteiger charge is -2.21. The first-order chi connectivity index (χ1) is 7.43. The molecule has 0 unspecified atom stereocenters. The smallest absolute Gasteiger partial charge is 0.0680 e. The lowest BCUT2D eigenvalue weighted by atomic mass is 10.2. The summed E-state index contributed by atoms with van der Waals surface area (Å²) in [7, 11) is 0.